The van der Waals surface area contributed by atoms with Gasteiger partial charge in [0.1, 0.15) is 18.0 Å². The zero-order valence-electron chi connectivity index (χ0n) is 14.8. The van der Waals surface area contributed by atoms with Gasteiger partial charge in [0, 0.05) is 38.0 Å². The smallest absolute Gasteiger partial charge is 0.240 e. The second-order valence-corrected chi connectivity index (χ2v) is 5.81. The highest BCUT2D eigenvalue weighted by molar-refractivity contribution is 6.32. The van der Waals surface area contributed by atoms with Crippen LogP contribution >= 0.6 is 11.6 Å². The molecule has 0 aliphatic rings. The van der Waals surface area contributed by atoms with E-state index in [-0.39, 0.29) is 18.4 Å². The molecule has 2 amide bonds. The van der Waals surface area contributed by atoms with Gasteiger partial charge in [-0.3, -0.25) is 19.5 Å². The highest BCUT2D eigenvalue weighted by atomic mass is 35.5. The zero-order chi connectivity index (χ0) is 19.1. The third-order valence-electron chi connectivity index (χ3n) is 3.64. The number of nitrogens with zero attached hydrogens (tertiary/aromatic N) is 2. The molecular formula is C18H20ClN3O4. The third-order valence-corrected chi connectivity index (χ3v) is 3.93. The van der Waals surface area contributed by atoms with Crippen LogP contribution in [-0.4, -0.2) is 37.6 Å². The van der Waals surface area contributed by atoms with Crippen LogP contribution in [0.25, 0.3) is 0 Å². The molecule has 0 saturated heterocycles. The second kappa shape index (κ2) is 9.05. The SMILES string of the molecule is COc1cc(N(CC(=O)NCc2cccnc2)C(C)=O)c(OC)cc1Cl. The number of amides is 2. The molecule has 0 saturated carbocycles. The summed E-state index contributed by atoms with van der Waals surface area (Å²) in [4.78, 5) is 29.7. The van der Waals surface area contributed by atoms with Gasteiger partial charge < -0.3 is 14.8 Å². The van der Waals surface area contributed by atoms with Crippen molar-refractivity contribution in [2.75, 3.05) is 25.7 Å². The lowest BCUT2D eigenvalue weighted by atomic mass is 10.2. The number of carbonyl (C=O) groups is 2. The number of anilines is 1. The van der Waals surface area contributed by atoms with Crippen LogP contribution in [-0.2, 0) is 16.1 Å². The van der Waals surface area contributed by atoms with E-state index in [4.69, 9.17) is 21.1 Å². The van der Waals surface area contributed by atoms with Gasteiger partial charge in [-0.2, -0.15) is 0 Å². The molecule has 0 radical (unpaired) electrons. The molecule has 138 valence electrons. The first kappa shape index (κ1) is 19.5. The van der Waals surface area contributed by atoms with Gasteiger partial charge in [-0.05, 0) is 11.6 Å². The molecule has 1 aromatic heterocycles. The van der Waals surface area contributed by atoms with Gasteiger partial charge >= 0.3 is 0 Å². The van der Waals surface area contributed by atoms with Crippen LogP contribution in [0.15, 0.2) is 36.7 Å². The number of nitrogens with one attached hydrogen (secondary N) is 1. The Hall–Kier alpha value is -2.80. The van der Waals surface area contributed by atoms with E-state index >= 15 is 0 Å². The number of pyridine rings is 1. The van der Waals surface area contributed by atoms with Crippen molar-refractivity contribution in [2.45, 2.75) is 13.5 Å². The van der Waals surface area contributed by atoms with E-state index < -0.39 is 0 Å². The highest BCUT2D eigenvalue weighted by Gasteiger charge is 2.21. The van der Waals surface area contributed by atoms with Crippen molar-refractivity contribution in [3.63, 3.8) is 0 Å². The van der Waals surface area contributed by atoms with Crippen molar-refractivity contribution in [1.82, 2.24) is 10.3 Å². The van der Waals surface area contributed by atoms with Crippen LogP contribution < -0.4 is 19.7 Å². The lowest BCUT2D eigenvalue weighted by Gasteiger charge is -2.23. The minimum atomic E-state index is -0.319. The average Bonchev–Trinajstić information content (AvgIpc) is 2.65. The maximum absolute atomic E-state index is 12.3. The van der Waals surface area contributed by atoms with Crippen LogP contribution in [0.4, 0.5) is 5.69 Å². The zero-order valence-corrected chi connectivity index (χ0v) is 15.5. The molecule has 2 rings (SSSR count). The van der Waals surface area contributed by atoms with Gasteiger partial charge in [0.25, 0.3) is 0 Å². The molecule has 0 spiro atoms. The Morgan fingerprint density at radius 3 is 2.54 bits per heavy atom. The lowest BCUT2D eigenvalue weighted by Crippen LogP contribution is -2.39. The van der Waals surface area contributed by atoms with E-state index in [1.54, 1.807) is 30.6 Å². The Morgan fingerprint density at radius 2 is 1.96 bits per heavy atom. The summed E-state index contributed by atoms with van der Waals surface area (Å²) in [6, 6.07) is 6.74. The van der Waals surface area contributed by atoms with Crippen molar-refractivity contribution in [3.8, 4) is 11.5 Å². The first-order chi connectivity index (χ1) is 12.5. The van der Waals surface area contributed by atoms with Crippen molar-refractivity contribution in [2.24, 2.45) is 0 Å². The van der Waals surface area contributed by atoms with E-state index in [2.05, 4.69) is 10.3 Å². The number of benzene rings is 1. The van der Waals surface area contributed by atoms with Crippen LogP contribution in [0.2, 0.25) is 5.02 Å². The molecule has 2 aromatic rings. The van der Waals surface area contributed by atoms with Crippen molar-refractivity contribution in [3.05, 3.63) is 47.2 Å². The first-order valence-corrected chi connectivity index (χ1v) is 8.19. The lowest BCUT2D eigenvalue weighted by molar-refractivity contribution is -0.123. The second-order valence-electron chi connectivity index (χ2n) is 5.40. The Labute approximate surface area is 156 Å². The predicted molar refractivity (Wildman–Crippen MR) is 98.7 cm³/mol. The number of ether oxygens (including phenoxy) is 2. The third kappa shape index (κ3) is 4.86. The maximum Gasteiger partial charge on any atom is 0.240 e. The molecule has 0 unspecified atom stereocenters. The molecule has 0 aliphatic carbocycles. The van der Waals surface area contributed by atoms with Crippen LogP contribution in [0.3, 0.4) is 0 Å². The van der Waals surface area contributed by atoms with Crippen molar-refractivity contribution < 1.29 is 19.1 Å². The average molecular weight is 378 g/mol. The van der Waals surface area contributed by atoms with Crippen molar-refractivity contribution >= 4 is 29.1 Å². The molecule has 0 aliphatic heterocycles. The molecule has 1 aromatic carbocycles. The molecule has 1 N–H and O–H groups in total. The molecule has 0 atom stereocenters. The summed E-state index contributed by atoms with van der Waals surface area (Å²) in [5.74, 6) is 0.111. The fourth-order valence-electron chi connectivity index (χ4n) is 2.32. The molecule has 26 heavy (non-hydrogen) atoms. The fraction of sp³-hybridized carbons (Fsp3) is 0.278. The van der Waals surface area contributed by atoms with Crippen molar-refractivity contribution in [1.29, 1.82) is 0 Å². The van der Waals surface area contributed by atoms with Gasteiger partial charge in [0.2, 0.25) is 11.8 Å². The summed E-state index contributed by atoms with van der Waals surface area (Å²) in [7, 11) is 2.93. The summed E-state index contributed by atoms with van der Waals surface area (Å²) >= 11 is 6.09. The molecular weight excluding hydrogens is 358 g/mol. The fourth-order valence-corrected chi connectivity index (χ4v) is 2.56. The number of carbonyl (C=O) groups excluding carboxylic acids is 2. The summed E-state index contributed by atoms with van der Waals surface area (Å²) in [5, 5.41) is 3.11. The number of aromatic nitrogens is 1. The number of halogens is 1. The summed E-state index contributed by atoms with van der Waals surface area (Å²) in [6.07, 6.45) is 3.32. The number of hydrogen-bond donors (Lipinski definition) is 1. The Bertz CT molecular complexity index is 784. The van der Waals surface area contributed by atoms with E-state index in [1.165, 1.54) is 26.0 Å². The van der Waals surface area contributed by atoms with E-state index in [0.29, 0.717) is 28.8 Å². The maximum atomic E-state index is 12.3. The normalized spacial score (nSPS) is 10.2. The van der Waals surface area contributed by atoms with Crippen LogP contribution in [0.1, 0.15) is 12.5 Å². The Balaban J connectivity index is 2.18. The largest absolute Gasteiger partial charge is 0.495 e. The standard InChI is InChI=1S/C18H20ClN3O4/c1-12(23)22(11-18(24)21-10-13-5-4-6-20-9-13)15-8-16(25-2)14(19)7-17(15)26-3/h4-9H,10-11H2,1-3H3,(H,21,24). The summed E-state index contributed by atoms with van der Waals surface area (Å²) < 4.78 is 10.5. The summed E-state index contributed by atoms with van der Waals surface area (Å²) in [6.45, 7) is 1.52. The number of methoxy groups -OCH3 is 2. The first-order valence-electron chi connectivity index (χ1n) is 7.81. The Morgan fingerprint density at radius 1 is 1.23 bits per heavy atom. The molecule has 0 bridgehead atoms. The Kier molecular flexibility index (Phi) is 6.80. The van der Waals surface area contributed by atoms with E-state index in [0.717, 1.165) is 5.56 Å². The quantitative estimate of drug-likeness (QED) is 0.801. The molecule has 8 heteroatoms. The highest BCUT2D eigenvalue weighted by Crippen LogP contribution is 2.38. The predicted octanol–water partition coefficient (Wildman–Crippen LogP) is 2.42. The number of rotatable bonds is 7. The van der Waals surface area contributed by atoms with Gasteiger partial charge in [0.15, 0.2) is 0 Å². The van der Waals surface area contributed by atoms with Gasteiger partial charge in [-0.1, -0.05) is 17.7 Å². The van der Waals surface area contributed by atoms with Gasteiger partial charge in [-0.25, -0.2) is 0 Å². The number of hydrogen-bond acceptors (Lipinski definition) is 5. The van der Waals surface area contributed by atoms with Gasteiger partial charge in [-0.15, -0.1) is 0 Å². The minimum absolute atomic E-state index is 0.170. The van der Waals surface area contributed by atoms with Gasteiger partial charge in [0.05, 0.1) is 24.9 Å². The van der Waals surface area contributed by atoms with E-state index in [9.17, 15) is 9.59 Å². The molecule has 0 fully saturated rings. The monoisotopic (exact) mass is 377 g/mol. The topological polar surface area (TPSA) is 80.8 Å². The van der Waals surface area contributed by atoms with Crippen LogP contribution in [0.5, 0.6) is 11.5 Å². The van der Waals surface area contributed by atoms with E-state index in [1.807, 2.05) is 6.07 Å². The summed E-state index contributed by atoms with van der Waals surface area (Å²) in [5.41, 5.74) is 1.26. The molecule has 7 nitrogen and oxygen atoms in total. The minimum Gasteiger partial charge on any atom is -0.495 e. The molecule has 1 heterocycles. The van der Waals surface area contributed by atoms with Crippen LogP contribution in [0, 0.1) is 0 Å².